The molecule has 0 radical (unpaired) electrons. The molecule has 0 atom stereocenters. The molecule has 0 saturated heterocycles. The third-order valence-corrected chi connectivity index (χ3v) is 3.56. The van der Waals surface area contributed by atoms with E-state index >= 15 is 0 Å². The predicted octanol–water partition coefficient (Wildman–Crippen LogP) is 3.08. The first-order chi connectivity index (χ1) is 14.1. The molecule has 0 heterocycles. The van der Waals surface area contributed by atoms with E-state index in [0.29, 0.717) is 5.69 Å². The minimum absolute atomic E-state index is 0.0406. The van der Waals surface area contributed by atoms with Crippen LogP contribution in [-0.2, 0) is 25.5 Å². The average molecular weight is 412 g/mol. The number of benzene rings is 2. The Labute approximate surface area is 174 Å². The summed E-state index contributed by atoms with van der Waals surface area (Å²) in [7, 11) is 0. The summed E-state index contributed by atoms with van der Waals surface area (Å²) < 4.78 is 10.1. The van der Waals surface area contributed by atoms with Crippen molar-refractivity contribution in [2.45, 2.75) is 32.8 Å². The highest BCUT2D eigenvalue weighted by Crippen LogP contribution is 2.14. The molecule has 0 fully saturated rings. The molecule has 0 bridgehead atoms. The van der Waals surface area contributed by atoms with Gasteiger partial charge in [0.2, 0.25) is 5.91 Å². The number of hydrogen-bond acceptors (Lipinski definition) is 6. The molecule has 0 aliphatic rings. The molecule has 8 heteroatoms. The Balaban J connectivity index is 1.83. The van der Waals surface area contributed by atoms with Crippen molar-refractivity contribution in [2.24, 2.45) is 0 Å². The molecule has 2 rings (SSSR count). The summed E-state index contributed by atoms with van der Waals surface area (Å²) in [6.45, 7) is 4.59. The van der Waals surface area contributed by atoms with Crippen LogP contribution in [0, 0.1) is 0 Å². The van der Waals surface area contributed by atoms with Crippen LogP contribution in [0.2, 0.25) is 0 Å². The lowest BCUT2D eigenvalue weighted by Crippen LogP contribution is -2.35. The molecule has 0 unspecified atom stereocenters. The van der Waals surface area contributed by atoms with E-state index in [0.717, 1.165) is 5.56 Å². The maximum atomic E-state index is 12.2. The van der Waals surface area contributed by atoms with Gasteiger partial charge in [-0.15, -0.1) is 0 Å². The van der Waals surface area contributed by atoms with Crippen molar-refractivity contribution < 1.29 is 28.7 Å². The summed E-state index contributed by atoms with van der Waals surface area (Å²) in [6.07, 6.45) is -0.622. The van der Waals surface area contributed by atoms with Gasteiger partial charge in [-0.2, -0.15) is 0 Å². The summed E-state index contributed by atoms with van der Waals surface area (Å²) in [5.41, 5.74) is 0.564. The number of ether oxygens (including phenoxy) is 2. The molecule has 0 aliphatic heterocycles. The third-order valence-electron chi connectivity index (χ3n) is 3.56. The lowest BCUT2D eigenvalue weighted by molar-refractivity contribution is -0.132. The largest absolute Gasteiger partial charge is 0.452 e. The van der Waals surface area contributed by atoms with Crippen LogP contribution in [0.3, 0.4) is 0 Å². The lowest BCUT2D eigenvalue weighted by atomic mass is 10.1. The Hall–Kier alpha value is -3.68. The smallest absolute Gasteiger partial charge is 0.412 e. The van der Waals surface area contributed by atoms with Gasteiger partial charge in [-0.1, -0.05) is 36.4 Å². The molecule has 2 aromatic carbocycles. The van der Waals surface area contributed by atoms with E-state index < -0.39 is 36.1 Å². The Morgan fingerprint density at radius 2 is 1.60 bits per heavy atom. The molecule has 3 amide bonds. The number of rotatable bonds is 6. The molecule has 0 saturated carbocycles. The van der Waals surface area contributed by atoms with Crippen LogP contribution in [-0.4, -0.2) is 36.1 Å². The Morgan fingerprint density at radius 3 is 2.27 bits per heavy atom. The number of carbonyl (C=O) groups is 4. The molecule has 158 valence electrons. The minimum Gasteiger partial charge on any atom is -0.452 e. The van der Waals surface area contributed by atoms with Crippen LogP contribution in [0.5, 0.6) is 0 Å². The number of imide groups is 1. The zero-order chi connectivity index (χ0) is 22.1. The second-order valence-electron chi connectivity index (χ2n) is 7.42. The molecule has 2 N–H and O–H groups in total. The summed E-state index contributed by atoms with van der Waals surface area (Å²) in [4.78, 5) is 47.7. The van der Waals surface area contributed by atoms with E-state index in [2.05, 4.69) is 10.6 Å². The standard InChI is InChI=1S/C22H24N2O6/c1-22(2,3)30-21(28)23-17-11-7-10-16(13-17)20(27)29-14-19(26)24-18(25)12-15-8-5-4-6-9-15/h4-11,13H,12,14H2,1-3H3,(H,23,28)(H,24,25,26). The highest BCUT2D eigenvalue weighted by Gasteiger charge is 2.17. The molecular formula is C22H24N2O6. The van der Waals surface area contributed by atoms with Crippen LogP contribution in [0.25, 0.3) is 0 Å². The second-order valence-corrected chi connectivity index (χ2v) is 7.42. The highest BCUT2D eigenvalue weighted by atomic mass is 16.6. The fourth-order valence-electron chi connectivity index (χ4n) is 2.38. The van der Waals surface area contributed by atoms with Crippen LogP contribution < -0.4 is 10.6 Å². The number of carbonyl (C=O) groups excluding carboxylic acids is 4. The maximum absolute atomic E-state index is 12.2. The van der Waals surface area contributed by atoms with Gasteiger partial charge in [0, 0.05) is 5.69 Å². The first-order valence-electron chi connectivity index (χ1n) is 9.26. The third kappa shape index (κ3) is 8.14. The van der Waals surface area contributed by atoms with E-state index in [4.69, 9.17) is 9.47 Å². The van der Waals surface area contributed by atoms with Gasteiger partial charge < -0.3 is 9.47 Å². The topological polar surface area (TPSA) is 111 Å². The summed E-state index contributed by atoms with van der Waals surface area (Å²) >= 11 is 0. The van der Waals surface area contributed by atoms with Crippen molar-refractivity contribution in [1.82, 2.24) is 5.32 Å². The SMILES string of the molecule is CC(C)(C)OC(=O)Nc1cccc(C(=O)OCC(=O)NC(=O)Cc2ccccc2)c1. The highest BCUT2D eigenvalue weighted by molar-refractivity contribution is 5.98. The monoisotopic (exact) mass is 412 g/mol. The molecule has 2 aromatic rings. The predicted molar refractivity (Wildman–Crippen MR) is 110 cm³/mol. The van der Waals surface area contributed by atoms with Gasteiger partial charge in [-0.05, 0) is 44.5 Å². The minimum atomic E-state index is -0.770. The van der Waals surface area contributed by atoms with Crippen molar-refractivity contribution in [3.05, 3.63) is 65.7 Å². The molecule has 30 heavy (non-hydrogen) atoms. The number of nitrogens with one attached hydrogen (secondary N) is 2. The normalized spacial score (nSPS) is 10.6. The van der Waals surface area contributed by atoms with Gasteiger partial charge in [-0.3, -0.25) is 20.2 Å². The van der Waals surface area contributed by atoms with Gasteiger partial charge in [0.05, 0.1) is 12.0 Å². The zero-order valence-electron chi connectivity index (χ0n) is 17.1. The molecule has 0 spiro atoms. The van der Waals surface area contributed by atoms with Crippen LogP contribution >= 0.6 is 0 Å². The maximum Gasteiger partial charge on any atom is 0.412 e. The van der Waals surface area contributed by atoms with E-state index in [9.17, 15) is 19.2 Å². The van der Waals surface area contributed by atoms with Crippen molar-refractivity contribution in [2.75, 3.05) is 11.9 Å². The fraction of sp³-hybridized carbons (Fsp3) is 0.273. The van der Waals surface area contributed by atoms with Crippen molar-refractivity contribution >= 4 is 29.6 Å². The van der Waals surface area contributed by atoms with E-state index in [1.807, 2.05) is 6.07 Å². The van der Waals surface area contributed by atoms with E-state index in [1.54, 1.807) is 57.2 Å². The van der Waals surface area contributed by atoms with Crippen molar-refractivity contribution in [1.29, 1.82) is 0 Å². The summed E-state index contributed by atoms with van der Waals surface area (Å²) in [5.74, 6) is -1.99. The Morgan fingerprint density at radius 1 is 0.900 bits per heavy atom. The van der Waals surface area contributed by atoms with Crippen molar-refractivity contribution in [3.63, 3.8) is 0 Å². The lowest BCUT2D eigenvalue weighted by Gasteiger charge is -2.19. The van der Waals surface area contributed by atoms with Gasteiger partial charge in [0.25, 0.3) is 5.91 Å². The Kier molecular flexibility index (Phi) is 7.69. The quantitative estimate of drug-likeness (QED) is 0.706. The molecule has 0 aromatic heterocycles. The first-order valence-corrected chi connectivity index (χ1v) is 9.26. The van der Waals surface area contributed by atoms with E-state index in [-0.39, 0.29) is 12.0 Å². The number of anilines is 1. The van der Waals surface area contributed by atoms with Gasteiger partial charge in [0.15, 0.2) is 6.61 Å². The zero-order valence-corrected chi connectivity index (χ0v) is 17.1. The second kappa shape index (κ2) is 10.2. The summed E-state index contributed by atoms with van der Waals surface area (Å²) in [5, 5.41) is 4.68. The number of esters is 1. The van der Waals surface area contributed by atoms with Crippen LogP contribution in [0.4, 0.5) is 10.5 Å². The number of amides is 3. The van der Waals surface area contributed by atoms with Gasteiger partial charge >= 0.3 is 12.1 Å². The Bertz CT molecular complexity index is 919. The van der Waals surface area contributed by atoms with Gasteiger partial charge in [-0.25, -0.2) is 9.59 Å². The van der Waals surface area contributed by atoms with Crippen LogP contribution in [0.15, 0.2) is 54.6 Å². The van der Waals surface area contributed by atoms with Gasteiger partial charge in [0.1, 0.15) is 5.60 Å². The fourth-order valence-corrected chi connectivity index (χ4v) is 2.38. The first kappa shape index (κ1) is 22.6. The number of hydrogen-bond donors (Lipinski definition) is 2. The molecule has 0 aliphatic carbocycles. The summed E-state index contributed by atoms with van der Waals surface area (Å²) in [6, 6.07) is 14.9. The van der Waals surface area contributed by atoms with Crippen molar-refractivity contribution in [3.8, 4) is 0 Å². The average Bonchev–Trinajstić information content (AvgIpc) is 2.65. The van der Waals surface area contributed by atoms with Crippen LogP contribution in [0.1, 0.15) is 36.7 Å². The molecule has 8 nitrogen and oxygen atoms in total. The molecular weight excluding hydrogens is 388 g/mol. The van der Waals surface area contributed by atoms with E-state index in [1.165, 1.54) is 12.1 Å².